The van der Waals surface area contributed by atoms with Gasteiger partial charge in [0.25, 0.3) is 5.69 Å². The van der Waals surface area contributed by atoms with Gasteiger partial charge in [-0.2, -0.15) is 0 Å². The molecule has 0 spiro atoms. The van der Waals surface area contributed by atoms with E-state index < -0.39 is 0 Å². The lowest BCUT2D eigenvalue weighted by atomic mass is 10.1. The highest BCUT2D eigenvalue weighted by molar-refractivity contribution is 5.83. The Morgan fingerprint density at radius 3 is 2.44 bits per heavy atom. The first-order valence-corrected chi connectivity index (χ1v) is 8.61. The zero-order valence-electron chi connectivity index (χ0n) is 15.0. The van der Waals surface area contributed by atoms with Gasteiger partial charge in [0.05, 0.1) is 10.6 Å². The van der Waals surface area contributed by atoms with E-state index >= 15 is 0 Å². The minimum Gasteiger partial charge on any atom is -0.371 e. The second-order valence-electron chi connectivity index (χ2n) is 6.66. The van der Waals surface area contributed by atoms with Crippen molar-refractivity contribution in [1.82, 2.24) is 0 Å². The molecule has 0 saturated carbocycles. The molecule has 1 fully saturated rings. The van der Waals surface area contributed by atoms with Crippen molar-refractivity contribution in [1.29, 1.82) is 0 Å². The van der Waals surface area contributed by atoms with Crippen molar-refractivity contribution in [3.63, 3.8) is 0 Å². The molecule has 0 amide bonds. The molecule has 25 heavy (non-hydrogen) atoms. The fraction of sp³-hybridized carbons (Fsp3) is 0.350. The van der Waals surface area contributed by atoms with Gasteiger partial charge in [-0.3, -0.25) is 15.1 Å². The summed E-state index contributed by atoms with van der Waals surface area (Å²) < 4.78 is 0. The van der Waals surface area contributed by atoms with E-state index in [1.54, 1.807) is 13.1 Å². The minimum atomic E-state index is -0.351. The molecule has 5 nitrogen and oxygen atoms in total. The third-order valence-electron chi connectivity index (χ3n) is 4.85. The highest BCUT2D eigenvalue weighted by atomic mass is 16.6. The standard InChI is InChI=1S/C20H23N3O2/c1-14-11-18(12-20(16(14)3)23(24)25)21-13-17-6-7-19(15(2)10-17)22-8-4-5-9-22/h6-7,10-13H,4-5,8-9H2,1-3H3. The average molecular weight is 337 g/mol. The van der Waals surface area contributed by atoms with Gasteiger partial charge in [-0.15, -0.1) is 0 Å². The first-order chi connectivity index (χ1) is 12.0. The quantitative estimate of drug-likeness (QED) is 0.454. The number of nitro groups is 1. The molecule has 0 bridgehead atoms. The second-order valence-corrected chi connectivity index (χ2v) is 6.66. The van der Waals surface area contributed by atoms with Crippen LogP contribution in [0.2, 0.25) is 0 Å². The molecule has 0 radical (unpaired) electrons. The van der Waals surface area contributed by atoms with Crippen molar-refractivity contribution in [3.05, 3.63) is 62.7 Å². The highest BCUT2D eigenvalue weighted by Crippen LogP contribution is 2.28. The number of aliphatic imine (C=N–C) groups is 1. The number of hydrogen-bond acceptors (Lipinski definition) is 4. The van der Waals surface area contributed by atoms with Crippen molar-refractivity contribution >= 4 is 23.3 Å². The van der Waals surface area contributed by atoms with E-state index in [0.29, 0.717) is 11.3 Å². The van der Waals surface area contributed by atoms with Crippen LogP contribution in [0, 0.1) is 30.9 Å². The molecular weight excluding hydrogens is 314 g/mol. The molecule has 1 heterocycles. The molecule has 0 N–H and O–H groups in total. The SMILES string of the molecule is Cc1cc(C=Nc2cc(C)c(C)c([N+](=O)[O-])c2)ccc1N1CCCC1. The molecule has 2 aromatic carbocycles. The molecular formula is C20H23N3O2. The Kier molecular flexibility index (Phi) is 4.83. The third-order valence-corrected chi connectivity index (χ3v) is 4.85. The van der Waals surface area contributed by atoms with Crippen LogP contribution in [-0.2, 0) is 0 Å². The van der Waals surface area contributed by atoms with Crippen LogP contribution in [-0.4, -0.2) is 24.2 Å². The topological polar surface area (TPSA) is 58.7 Å². The molecule has 5 heteroatoms. The number of hydrogen-bond donors (Lipinski definition) is 0. The number of nitro benzene ring substituents is 1. The normalized spacial score (nSPS) is 14.4. The lowest BCUT2D eigenvalue weighted by Crippen LogP contribution is -2.18. The van der Waals surface area contributed by atoms with E-state index in [-0.39, 0.29) is 10.6 Å². The summed E-state index contributed by atoms with van der Waals surface area (Å²) in [6.45, 7) is 8.00. The molecule has 1 saturated heterocycles. The first kappa shape index (κ1) is 17.1. The van der Waals surface area contributed by atoms with Gasteiger partial charge >= 0.3 is 0 Å². The molecule has 2 aromatic rings. The van der Waals surface area contributed by atoms with Crippen LogP contribution in [0.5, 0.6) is 0 Å². The fourth-order valence-electron chi connectivity index (χ4n) is 3.31. The van der Waals surface area contributed by atoms with Crippen molar-refractivity contribution < 1.29 is 4.92 Å². The number of nitrogens with zero attached hydrogens (tertiary/aromatic N) is 3. The molecule has 1 aliphatic rings. The van der Waals surface area contributed by atoms with E-state index in [4.69, 9.17) is 0 Å². The highest BCUT2D eigenvalue weighted by Gasteiger charge is 2.15. The van der Waals surface area contributed by atoms with E-state index in [1.807, 2.05) is 13.0 Å². The van der Waals surface area contributed by atoms with Gasteiger partial charge in [-0.05, 0) is 68.5 Å². The Labute approximate surface area is 148 Å². The Morgan fingerprint density at radius 2 is 1.80 bits per heavy atom. The third kappa shape index (κ3) is 3.71. The van der Waals surface area contributed by atoms with Crippen LogP contribution in [0.4, 0.5) is 17.1 Å². The second kappa shape index (κ2) is 7.05. The van der Waals surface area contributed by atoms with E-state index in [1.165, 1.54) is 30.2 Å². The monoisotopic (exact) mass is 337 g/mol. The Bertz CT molecular complexity index is 837. The molecule has 0 aliphatic carbocycles. The summed E-state index contributed by atoms with van der Waals surface area (Å²) >= 11 is 0. The summed E-state index contributed by atoms with van der Waals surface area (Å²) in [5.41, 5.74) is 5.81. The van der Waals surface area contributed by atoms with Gasteiger partial charge in [0.2, 0.25) is 0 Å². The summed E-state index contributed by atoms with van der Waals surface area (Å²) in [5, 5.41) is 11.2. The molecule has 1 aliphatic heterocycles. The summed E-state index contributed by atoms with van der Waals surface area (Å²) in [6, 6.07) is 9.73. The Morgan fingerprint density at radius 1 is 1.08 bits per heavy atom. The van der Waals surface area contributed by atoms with Gasteiger partial charge < -0.3 is 4.90 Å². The Balaban J connectivity index is 1.85. The molecule has 0 unspecified atom stereocenters. The van der Waals surface area contributed by atoms with Crippen LogP contribution >= 0.6 is 0 Å². The van der Waals surface area contributed by atoms with Crippen LogP contribution in [0.25, 0.3) is 0 Å². The van der Waals surface area contributed by atoms with Crippen LogP contribution < -0.4 is 4.90 Å². The van der Waals surface area contributed by atoms with E-state index in [2.05, 4.69) is 35.0 Å². The minimum absolute atomic E-state index is 0.118. The van der Waals surface area contributed by atoms with Crippen LogP contribution in [0.15, 0.2) is 35.3 Å². The van der Waals surface area contributed by atoms with E-state index in [9.17, 15) is 10.1 Å². The predicted molar refractivity (Wildman–Crippen MR) is 102 cm³/mol. The fourth-order valence-corrected chi connectivity index (χ4v) is 3.31. The number of benzene rings is 2. The van der Waals surface area contributed by atoms with Crippen LogP contribution in [0.1, 0.15) is 35.1 Å². The van der Waals surface area contributed by atoms with Crippen molar-refractivity contribution in [2.24, 2.45) is 4.99 Å². The van der Waals surface area contributed by atoms with Gasteiger partial charge in [-0.25, -0.2) is 0 Å². The molecule has 3 rings (SSSR count). The maximum absolute atomic E-state index is 11.2. The predicted octanol–water partition coefficient (Wildman–Crippen LogP) is 4.87. The van der Waals surface area contributed by atoms with Crippen LogP contribution in [0.3, 0.4) is 0 Å². The van der Waals surface area contributed by atoms with E-state index in [0.717, 1.165) is 24.2 Å². The summed E-state index contributed by atoms with van der Waals surface area (Å²) in [6.07, 6.45) is 4.29. The summed E-state index contributed by atoms with van der Waals surface area (Å²) in [4.78, 5) is 17.7. The van der Waals surface area contributed by atoms with Crippen molar-refractivity contribution in [3.8, 4) is 0 Å². The van der Waals surface area contributed by atoms with Gasteiger partial charge in [-0.1, -0.05) is 6.07 Å². The Hall–Kier alpha value is -2.69. The smallest absolute Gasteiger partial charge is 0.274 e. The van der Waals surface area contributed by atoms with Gasteiger partial charge in [0.15, 0.2) is 0 Å². The number of anilines is 1. The van der Waals surface area contributed by atoms with Crippen molar-refractivity contribution in [2.45, 2.75) is 33.6 Å². The lowest BCUT2D eigenvalue weighted by molar-refractivity contribution is -0.385. The lowest BCUT2D eigenvalue weighted by Gasteiger charge is -2.20. The number of rotatable bonds is 4. The van der Waals surface area contributed by atoms with Gasteiger partial charge in [0.1, 0.15) is 0 Å². The molecule has 130 valence electrons. The average Bonchev–Trinajstić information content (AvgIpc) is 3.09. The first-order valence-electron chi connectivity index (χ1n) is 8.61. The van der Waals surface area contributed by atoms with Gasteiger partial charge in [0, 0.05) is 36.6 Å². The zero-order chi connectivity index (χ0) is 18.0. The summed E-state index contributed by atoms with van der Waals surface area (Å²) in [7, 11) is 0. The maximum Gasteiger partial charge on any atom is 0.274 e. The molecule has 0 aromatic heterocycles. The summed E-state index contributed by atoms with van der Waals surface area (Å²) in [5.74, 6) is 0. The molecule has 0 atom stereocenters. The van der Waals surface area contributed by atoms with Crippen molar-refractivity contribution in [2.75, 3.05) is 18.0 Å². The maximum atomic E-state index is 11.2. The zero-order valence-corrected chi connectivity index (χ0v) is 15.0. The largest absolute Gasteiger partial charge is 0.371 e. The number of aryl methyl sites for hydroxylation is 2.